The van der Waals surface area contributed by atoms with Crippen LogP contribution in [0.5, 0.6) is 0 Å². The fourth-order valence-electron chi connectivity index (χ4n) is 3.57. The van der Waals surface area contributed by atoms with Gasteiger partial charge in [-0.15, -0.1) is 5.10 Å². The number of hydrogen-bond acceptors (Lipinski definition) is 11. The minimum atomic E-state index is -1.19. The lowest BCUT2D eigenvalue weighted by Crippen LogP contribution is -2.64. The summed E-state index contributed by atoms with van der Waals surface area (Å²) in [7, 11) is 0. The number of hydrogen-bond donors (Lipinski definition) is 1. The molecule has 1 aliphatic heterocycles. The Bertz CT molecular complexity index is 1040. The third-order valence-corrected chi connectivity index (χ3v) is 4.79. The third kappa shape index (κ3) is 6.13. The second-order valence-electron chi connectivity index (χ2n) is 7.54. The van der Waals surface area contributed by atoms with Gasteiger partial charge in [0.1, 0.15) is 24.4 Å². The Balaban J connectivity index is 2.03. The fraction of sp³-hybridized carbons (Fsp3) is 0.476. The predicted molar refractivity (Wildman–Crippen MR) is 113 cm³/mol. The Morgan fingerprint density at radius 2 is 1.71 bits per heavy atom. The lowest BCUT2D eigenvalue weighted by molar-refractivity contribution is -0.239. The molecule has 0 saturated carbocycles. The lowest BCUT2D eigenvalue weighted by Gasteiger charge is -2.44. The number of amides is 1. The summed E-state index contributed by atoms with van der Waals surface area (Å²) >= 11 is 0. The second kappa shape index (κ2) is 10.8. The van der Waals surface area contributed by atoms with E-state index in [1.54, 1.807) is 30.6 Å². The molecular formula is C21H25N5O8. The molecule has 1 amide bonds. The van der Waals surface area contributed by atoms with Crippen molar-refractivity contribution < 1.29 is 38.1 Å². The third-order valence-electron chi connectivity index (χ3n) is 4.79. The largest absolute Gasteiger partial charge is 0.463 e. The summed E-state index contributed by atoms with van der Waals surface area (Å²) in [6.45, 7) is 4.52. The summed E-state index contributed by atoms with van der Waals surface area (Å²) in [5.41, 5.74) is 0.972. The first-order chi connectivity index (χ1) is 16.2. The molecule has 13 nitrogen and oxygen atoms in total. The Hall–Kier alpha value is -3.87. The molecule has 34 heavy (non-hydrogen) atoms. The molecule has 0 aliphatic carbocycles. The quantitative estimate of drug-likeness (QED) is 0.429. The van der Waals surface area contributed by atoms with Crippen LogP contribution in [-0.2, 0) is 38.1 Å². The monoisotopic (exact) mass is 475 g/mol. The van der Waals surface area contributed by atoms with Gasteiger partial charge in [0.25, 0.3) is 0 Å². The van der Waals surface area contributed by atoms with Crippen molar-refractivity contribution in [1.82, 2.24) is 25.3 Å². The number of nitrogens with zero attached hydrogens (tertiary/aromatic N) is 4. The highest BCUT2D eigenvalue weighted by molar-refractivity contribution is 5.73. The Kier molecular flexibility index (Phi) is 7.89. The van der Waals surface area contributed by atoms with Crippen LogP contribution in [0.4, 0.5) is 0 Å². The lowest BCUT2D eigenvalue weighted by atomic mass is 9.95. The maximum absolute atomic E-state index is 12.0. The van der Waals surface area contributed by atoms with E-state index in [1.165, 1.54) is 32.4 Å². The van der Waals surface area contributed by atoms with Gasteiger partial charge in [-0.25, -0.2) is 4.68 Å². The van der Waals surface area contributed by atoms with E-state index < -0.39 is 54.4 Å². The average molecular weight is 475 g/mol. The minimum Gasteiger partial charge on any atom is -0.463 e. The smallest absolute Gasteiger partial charge is 0.303 e. The van der Waals surface area contributed by atoms with Crippen LogP contribution in [0.1, 0.15) is 33.9 Å². The van der Waals surface area contributed by atoms with Crippen molar-refractivity contribution in [3.63, 3.8) is 0 Å². The molecule has 2 aromatic heterocycles. The molecule has 3 heterocycles. The molecule has 182 valence electrons. The van der Waals surface area contributed by atoms with Gasteiger partial charge in [-0.3, -0.25) is 24.2 Å². The summed E-state index contributed by atoms with van der Waals surface area (Å²) in [6, 6.07) is 4.25. The molecule has 0 unspecified atom stereocenters. The predicted octanol–water partition coefficient (Wildman–Crippen LogP) is 0.169. The molecule has 0 aromatic carbocycles. The van der Waals surface area contributed by atoms with E-state index in [2.05, 4.69) is 20.6 Å². The van der Waals surface area contributed by atoms with E-state index >= 15 is 0 Å². The van der Waals surface area contributed by atoms with Crippen LogP contribution < -0.4 is 5.32 Å². The van der Waals surface area contributed by atoms with Crippen molar-refractivity contribution in [2.75, 3.05) is 6.61 Å². The van der Waals surface area contributed by atoms with Gasteiger partial charge in [0.05, 0.1) is 11.9 Å². The van der Waals surface area contributed by atoms with Gasteiger partial charge < -0.3 is 24.3 Å². The first-order valence-electron chi connectivity index (χ1n) is 10.4. The van der Waals surface area contributed by atoms with Gasteiger partial charge in [-0.1, -0.05) is 11.3 Å². The number of aromatic nitrogens is 4. The molecule has 1 N–H and O–H groups in total. The van der Waals surface area contributed by atoms with Crippen molar-refractivity contribution in [1.29, 1.82) is 0 Å². The summed E-state index contributed by atoms with van der Waals surface area (Å²) < 4.78 is 23.4. The molecule has 1 aliphatic rings. The highest BCUT2D eigenvalue weighted by Crippen LogP contribution is 2.33. The van der Waals surface area contributed by atoms with Crippen molar-refractivity contribution >= 4 is 23.8 Å². The molecule has 1 fully saturated rings. The van der Waals surface area contributed by atoms with E-state index in [9.17, 15) is 19.2 Å². The minimum absolute atomic E-state index is 0.309. The van der Waals surface area contributed by atoms with Crippen LogP contribution in [0.25, 0.3) is 11.4 Å². The highest BCUT2D eigenvalue weighted by atomic mass is 16.6. The van der Waals surface area contributed by atoms with Crippen LogP contribution in [-0.4, -0.2) is 74.8 Å². The number of ether oxygens (including phenoxy) is 4. The zero-order chi connectivity index (χ0) is 24.8. The summed E-state index contributed by atoms with van der Waals surface area (Å²) in [5, 5.41) is 10.9. The molecule has 2 aromatic rings. The van der Waals surface area contributed by atoms with E-state index in [4.69, 9.17) is 18.9 Å². The van der Waals surface area contributed by atoms with Gasteiger partial charge >= 0.3 is 17.9 Å². The zero-order valence-electron chi connectivity index (χ0n) is 19.0. The number of pyridine rings is 1. The molecule has 0 spiro atoms. The normalized spacial score (nSPS) is 24.1. The van der Waals surface area contributed by atoms with Crippen LogP contribution in [0.2, 0.25) is 0 Å². The van der Waals surface area contributed by atoms with Crippen molar-refractivity contribution in [3.05, 3.63) is 30.6 Å². The topological polar surface area (TPSA) is 161 Å². The number of rotatable bonds is 7. The van der Waals surface area contributed by atoms with Crippen molar-refractivity contribution in [2.45, 2.75) is 58.3 Å². The first kappa shape index (κ1) is 24.8. The second-order valence-corrected chi connectivity index (χ2v) is 7.54. The van der Waals surface area contributed by atoms with Crippen LogP contribution in [0, 0.1) is 0 Å². The molecule has 0 radical (unpaired) electrons. The molecular weight excluding hydrogens is 450 g/mol. The molecule has 13 heteroatoms. The molecule has 1 saturated heterocycles. The van der Waals surface area contributed by atoms with Crippen molar-refractivity contribution in [2.24, 2.45) is 0 Å². The highest BCUT2D eigenvalue weighted by Gasteiger charge is 2.51. The van der Waals surface area contributed by atoms with E-state index in [0.29, 0.717) is 11.4 Å². The van der Waals surface area contributed by atoms with Gasteiger partial charge in [0, 0.05) is 33.9 Å². The summed E-state index contributed by atoms with van der Waals surface area (Å²) in [5.74, 6) is -2.41. The van der Waals surface area contributed by atoms with E-state index in [-0.39, 0.29) is 6.61 Å². The van der Waals surface area contributed by atoms with Gasteiger partial charge in [0.2, 0.25) is 5.91 Å². The van der Waals surface area contributed by atoms with E-state index in [1.807, 2.05) is 0 Å². The Morgan fingerprint density at radius 3 is 2.29 bits per heavy atom. The Labute approximate surface area is 194 Å². The number of carbonyl (C=O) groups excluding carboxylic acids is 4. The van der Waals surface area contributed by atoms with Gasteiger partial charge in [0.15, 0.2) is 18.4 Å². The Morgan fingerprint density at radius 1 is 1.00 bits per heavy atom. The average Bonchev–Trinajstić information content (AvgIpc) is 3.25. The summed E-state index contributed by atoms with van der Waals surface area (Å²) in [6.07, 6.45) is -1.34. The number of esters is 3. The number of carbonyl (C=O) groups is 4. The first-order valence-corrected chi connectivity index (χ1v) is 10.4. The maximum atomic E-state index is 12.0. The van der Waals surface area contributed by atoms with Crippen LogP contribution in [0.15, 0.2) is 30.6 Å². The molecule has 0 bridgehead atoms. The van der Waals surface area contributed by atoms with Crippen molar-refractivity contribution in [3.8, 4) is 11.4 Å². The van der Waals surface area contributed by atoms with Crippen LogP contribution >= 0.6 is 0 Å². The molecule has 3 rings (SSSR count). The van der Waals surface area contributed by atoms with Crippen LogP contribution in [0.3, 0.4) is 0 Å². The fourth-order valence-corrected chi connectivity index (χ4v) is 3.57. The van der Waals surface area contributed by atoms with Gasteiger partial charge in [-0.05, 0) is 12.1 Å². The molecule has 5 atom stereocenters. The SMILES string of the molecule is CC(=O)N[C@@H]1[C@@H](OC(C)=O)[C@H](OC(C)=O)[C@@H](COC(C)=O)O[C@H]1n1cc(-c2ccccn2)nn1. The zero-order valence-corrected chi connectivity index (χ0v) is 19.0. The number of nitrogens with one attached hydrogen (secondary N) is 1. The van der Waals surface area contributed by atoms with Gasteiger partial charge in [-0.2, -0.15) is 0 Å². The standard InChI is InChI=1S/C21H25N5O8/c1-11(27)23-18-20(33-14(4)30)19(32-13(3)29)17(10-31-12(2)28)34-21(18)26-9-16(24-25-26)15-7-5-6-8-22-15/h5-9,17-21H,10H2,1-4H3,(H,23,27)/t17-,18-,19-,20-,21-/m1/s1. The summed E-state index contributed by atoms with van der Waals surface area (Å²) in [4.78, 5) is 51.4. The van der Waals surface area contributed by atoms with E-state index in [0.717, 1.165) is 0 Å². The maximum Gasteiger partial charge on any atom is 0.303 e.